The highest BCUT2D eigenvalue weighted by molar-refractivity contribution is 5.33. The van der Waals surface area contributed by atoms with Crippen molar-refractivity contribution in [2.75, 3.05) is 45.9 Å². The Morgan fingerprint density at radius 1 is 1.14 bits per heavy atom. The lowest BCUT2D eigenvalue weighted by Crippen LogP contribution is -2.55. The summed E-state index contributed by atoms with van der Waals surface area (Å²) < 4.78 is 5.46. The fourth-order valence-corrected chi connectivity index (χ4v) is 3.91. The van der Waals surface area contributed by atoms with Gasteiger partial charge in [-0.3, -0.25) is 24.4 Å². The first-order valence-electron chi connectivity index (χ1n) is 9.65. The van der Waals surface area contributed by atoms with Crippen LogP contribution in [0.3, 0.4) is 0 Å². The van der Waals surface area contributed by atoms with Crippen LogP contribution >= 0.6 is 0 Å². The summed E-state index contributed by atoms with van der Waals surface area (Å²) in [5.74, 6) is 0.317. The highest BCUT2D eigenvalue weighted by Gasteiger charge is 2.36. The third-order valence-corrected chi connectivity index (χ3v) is 5.21. The Balaban J connectivity index is 0.000000626. The Kier molecular flexibility index (Phi) is 11.4. The molecule has 2 atom stereocenters. The molecule has 2 fully saturated rings. The Hall–Kier alpha value is -2.07. The van der Waals surface area contributed by atoms with Gasteiger partial charge in [-0.1, -0.05) is 0 Å². The molecule has 3 rings (SSSR count). The SMILES string of the molecule is CC(C)(CN1C[C@@H](Cc2ccncc2)[C@H](O)C1)N1CCOCC1.O=CO.O=CO. The number of aliphatic hydroxyl groups is 1. The number of carboxylic acid groups (broad SMARTS) is 2. The van der Waals surface area contributed by atoms with Crippen LogP contribution in [0.25, 0.3) is 0 Å². The normalized spacial score (nSPS) is 22.6. The molecule has 0 radical (unpaired) electrons. The van der Waals surface area contributed by atoms with E-state index in [1.54, 1.807) is 0 Å². The zero-order valence-corrected chi connectivity index (χ0v) is 17.2. The van der Waals surface area contributed by atoms with Gasteiger partial charge in [0, 0.05) is 56.6 Å². The Morgan fingerprint density at radius 3 is 2.24 bits per heavy atom. The number of nitrogens with zero attached hydrogens (tertiary/aromatic N) is 3. The van der Waals surface area contributed by atoms with Crippen LogP contribution in [-0.2, 0) is 20.7 Å². The van der Waals surface area contributed by atoms with Gasteiger partial charge in [0.25, 0.3) is 12.9 Å². The number of aromatic nitrogens is 1. The lowest BCUT2D eigenvalue weighted by Gasteiger charge is -2.42. The minimum Gasteiger partial charge on any atom is -0.483 e. The van der Waals surface area contributed by atoms with Gasteiger partial charge in [-0.2, -0.15) is 0 Å². The van der Waals surface area contributed by atoms with E-state index in [0.717, 1.165) is 52.4 Å². The standard InChI is InChI=1S/C18H29N3O2.2CH2O2/c1-18(2,21-7-9-23-10-8-21)14-20-12-16(17(22)13-20)11-15-3-5-19-6-4-15;2*2-1-3/h3-6,16-17,22H,7-14H2,1-2H3;2*1H,(H,2,3)/t16-,17-;;/m1../s1. The molecule has 9 nitrogen and oxygen atoms in total. The zero-order chi connectivity index (χ0) is 21.7. The lowest BCUT2D eigenvalue weighted by atomic mass is 9.97. The van der Waals surface area contributed by atoms with E-state index < -0.39 is 0 Å². The number of hydrogen-bond acceptors (Lipinski definition) is 7. The highest BCUT2D eigenvalue weighted by Crippen LogP contribution is 2.25. The number of aliphatic hydroxyl groups excluding tert-OH is 1. The van der Waals surface area contributed by atoms with Gasteiger partial charge in [0.05, 0.1) is 19.3 Å². The third kappa shape index (κ3) is 8.86. The second-order valence-electron chi connectivity index (χ2n) is 7.70. The summed E-state index contributed by atoms with van der Waals surface area (Å²) in [6, 6.07) is 4.10. The first kappa shape index (κ1) is 25.0. The van der Waals surface area contributed by atoms with Gasteiger partial charge >= 0.3 is 0 Å². The molecule has 2 aliphatic heterocycles. The molecule has 0 spiro atoms. The van der Waals surface area contributed by atoms with Gasteiger partial charge in [0.2, 0.25) is 0 Å². The first-order chi connectivity index (χ1) is 13.9. The summed E-state index contributed by atoms with van der Waals surface area (Å²) in [5, 5.41) is 24.2. The number of β-amino-alcohol motifs (C(OH)–C–C–N with tert-alkyl or cyclic N) is 1. The molecule has 0 saturated carbocycles. The second kappa shape index (κ2) is 13.2. The fraction of sp³-hybridized carbons (Fsp3) is 0.650. The van der Waals surface area contributed by atoms with Crippen LogP contribution in [0.15, 0.2) is 24.5 Å². The van der Waals surface area contributed by atoms with E-state index in [-0.39, 0.29) is 24.6 Å². The van der Waals surface area contributed by atoms with Crippen molar-refractivity contribution < 1.29 is 29.6 Å². The van der Waals surface area contributed by atoms with Gasteiger partial charge < -0.3 is 20.1 Å². The van der Waals surface area contributed by atoms with E-state index in [2.05, 4.69) is 28.6 Å². The van der Waals surface area contributed by atoms with Crippen LogP contribution < -0.4 is 0 Å². The van der Waals surface area contributed by atoms with Crippen LogP contribution in [0, 0.1) is 5.92 Å². The number of ether oxygens (including phenoxy) is 1. The highest BCUT2D eigenvalue weighted by atomic mass is 16.5. The average Bonchev–Trinajstić information content (AvgIpc) is 3.03. The van der Waals surface area contributed by atoms with E-state index >= 15 is 0 Å². The summed E-state index contributed by atoms with van der Waals surface area (Å²) in [7, 11) is 0. The maximum Gasteiger partial charge on any atom is 0.290 e. The molecule has 164 valence electrons. The summed E-state index contributed by atoms with van der Waals surface area (Å²) in [4.78, 5) is 25.7. The molecule has 2 aliphatic rings. The number of rotatable bonds is 5. The van der Waals surface area contributed by atoms with Crippen molar-refractivity contribution in [3.05, 3.63) is 30.1 Å². The Labute approximate surface area is 171 Å². The Morgan fingerprint density at radius 2 is 1.69 bits per heavy atom. The number of morpholine rings is 1. The number of likely N-dealkylation sites (tertiary alicyclic amines) is 1. The van der Waals surface area contributed by atoms with E-state index in [0.29, 0.717) is 5.92 Å². The topological polar surface area (TPSA) is 123 Å². The predicted octanol–water partition coefficient (Wildman–Crippen LogP) is 0.429. The van der Waals surface area contributed by atoms with Crippen molar-refractivity contribution in [2.24, 2.45) is 5.92 Å². The molecule has 0 amide bonds. The molecule has 0 unspecified atom stereocenters. The lowest BCUT2D eigenvalue weighted by molar-refractivity contribution is -0.123. The van der Waals surface area contributed by atoms with Crippen molar-refractivity contribution in [3.63, 3.8) is 0 Å². The third-order valence-electron chi connectivity index (χ3n) is 5.21. The average molecular weight is 411 g/mol. The summed E-state index contributed by atoms with van der Waals surface area (Å²) >= 11 is 0. The van der Waals surface area contributed by atoms with Crippen LogP contribution in [0.5, 0.6) is 0 Å². The molecule has 1 aromatic rings. The molecular weight excluding hydrogens is 378 g/mol. The van der Waals surface area contributed by atoms with Gasteiger partial charge in [-0.15, -0.1) is 0 Å². The van der Waals surface area contributed by atoms with Crippen LogP contribution in [0.2, 0.25) is 0 Å². The smallest absolute Gasteiger partial charge is 0.290 e. The first-order valence-corrected chi connectivity index (χ1v) is 9.65. The van der Waals surface area contributed by atoms with E-state index in [9.17, 15) is 5.11 Å². The van der Waals surface area contributed by atoms with Crippen LogP contribution in [0.1, 0.15) is 19.4 Å². The molecule has 0 aromatic carbocycles. The number of carbonyl (C=O) groups is 2. The summed E-state index contributed by atoms with van der Waals surface area (Å²) in [5.41, 5.74) is 1.38. The van der Waals surface area contributed by atoms with Gasteiger partial charge in [-0.05, 0) is 38.0 Å². The zero-order valence-electron chi connectivity index (χ0n) is 17.2. The fourth-order valence-electron chi connectivity index (χ4n) is 3.91. The van der Waals surface area contributed by atoms with Crippen LogP contribution in [-0.4, -0.2) is 101 Å². The van der Waals surface area contributed by atoms with E-state index in [1.807, 2.05) is 24.5 Å². The molecular formula is C20H33N3O6. The van der Waals surface area contributed by atoms with Crippen molar-refractivity contribution in [2.45, 2.75) is 31.9 Å². The molecule has 3 N–H and O–H groups in total. The van der Waals surface area contributed by atoms with Crippen molar-refractivity contribution in [3.8, 4) is 0 Å². The number of pyridine rings is 1. The van der Waals surface area contributed by atoms with Crippen molar-refractivity contribution in [1.29, 1.82) is 0 Å². The molecule has 1 aromatic heterocycles. The monoisotopic (exact) mass is 411 g/mol. The predicted molar refractivity (Wildman–Crippen MR) is 108 cm³/mol. The molecule has 29 heavy (non-hydrogen) atoms. The summed E-state index contributed by atoms with van der Waals surface area (Å²) in [6.07, 6.45) is 4.35. The Bertz CT molecular complexity index is 575. The second-order valence-corrected chi connectivity index (χ2v) is 7.70. The largest absolute Gasteiger partial charge is 0.483 e. The quantitative estimate of drug-likeness (QED) is 0.592. The van der Waals surface area contributed by atoms with Crippen molar-refractivity contribution in [1.82, 2.24) is 14.8 Å². The molecule has 0 aliphatic carbocycles. The maximum atomic E-state index is 10.4. The minimum absolute atomic E-state index is 0.120. The van der Waals surface area contributed by atoms with E-state index in [1.165, 1.54) is 5.56 Å². The molecule has 2 saturated heterocycles. The van der Waals surface area contributed by atoms with Gasteiger partial charge in [0.1, 0.15) is 0 Å². The number of hydrogen-bond donors (Lipinski definition) is 3. The molecule has 0 bridgehead atoms. The molecule has 3 heterocycles. The minimum atomic E-state index is -0.250. The van der Waals surface area contributed by atoms with Gasteiger partial charge in [-0.25, -0.2) is 0 Å². The van der Waals surface area contributed by atoms with E-state index in [4.69, 9.17) is 24.5 Å². The van der Waals surface area contributed by atoms with Crippen LogP contribution in [0.4, 0.5) is 0 Å². The molecule has 9 heteroatoms. The van der Waals surface area contributed by atoms with Crippen molar-refractivity contribution >= 4 is 12.9 Å². The summed E-state index contributed by atoms with van der Waals surface area (Å²) in [6.45, 7) is 10.5. The maximum absolute atomic E-state index is 10.4. The van der Waals surface area contributed by atoms with Gasteiger partial charge in [0.15, 0.2) is 0 Å².